The van der Waals surface area contributed by atoms with E-state index in [4.69, 9.17) is 4.74 Å². The summed E-state index contributed by atoms with van der Waals surface area (Å²) in [4.78, 5) is 0. The van der Waals surface area contributed by atoms with Gasteiger partial charge in [0.2, 0.25) is 0 Å². The molecule has 1 saturated heterocycles. The van der Waals surface area contributed by atoms with Crippen molar-refractivity contribution < 1.29 is 14.2 Å². The Hall–Kier alpha value is -0.970. The highest BCUT2D eigenvalue weighted by Gasteiger charge is 2.29. The van der Waals surface area contributed by atoms with E-state index in [0.717, 1.165) is 19.4 Å². The van der Waals surface area contributed by atoms with Gasteiger partial charge in [-0.2, -0.15) is 0 Å². The third-order valence-electron chi connectivity index (χ3n) is 3.40. The maximum absolute atomic E-state index is 13.4. The van der Waals surface area contributed by atoms with E-state index in [0.29, 0.717) is 18.7 Å². The number of nitrogens with one attached hydrogen (secondary N) is 1. The number of hydrogen-bond donors (Lipinski definition) is 2. The lowest BCUT2D eigenvalue weighted by Crippen LogP contribution is -2.38. The number of ether oxygens (including phenoxy) is 1. The number of aliphatic hydroxyl groups is 1. The second-order valence-corrected chi connectivity index (χ2v) is 5.07. The zero-order valence-corrected chi connectivity index (χ0v) is 10.7. The first-order chi connectivity index (χ1) is 8.61. The number of hydrogen-bond acceptors (Lipinski definition) is 3. The Bertz CT molecular complexity index is 391. The summed E-state index contributed by atoms with van der Waals surface area (Å²) in [6.45, 7) is 3.87. The molecular formula is C14H20FNO2. The summed E-state index contributed by atoms with van der Waals surface area (Å²) >= 11 is 0. The van der Waals surface area contributed by atoms with Crippen LogP contribution in [-0.4, -0.2) is 30.4 Å². The fourth-order valence-electron chi connectivity index (χ4n) is 2.30. The molecule has 0 radical (unpaired) electrons. The number of halogens is 1. The molecule has 0 bridgehead atoms. The Balaban J connectivity index is 1.82. The van der Waals surface area contributed by atoms with E-state index in [9.17, 15) is 9.50 Å². The molecule has 2 N–H and O–H groups in total. The average molecular weight is 253 g/mol. The minimum atomic E-state index is -0.823. The minimum absolute atomic E-state index is 0.144. The molecule has 1 aliphatic rings. The Morgan fingerprint density at radius 2 is 2.28 bits per heavy atom. The van der Waals surface area contributed by atoms with Crippen LogP contribution in [0.4, 0.5) is 4.39 Å². The van der Waals surface area contributed by atoms with Crippen molar-refractivity contribution in [2.75, 3.05) is 19.7 Å². The SMILES string of the molecule is CC1(CNCC(O)c2ccccc2F)CCCO1. The van der Waals surface area contributed by atoms with E-state index in [-0.39, 0.29) is 11.4 Å². The standard InChI is InChI=1S/C14H20FNO2/c1-14(7-4-8-18-14)10-16-9-13(17)11-5-2-3-6-12(11)15/h2-3,5-6,13,16-17H,4,7-10H2,1H3. The highest BCUT2D eigenvalue weighted by atomic mass is 19.1. The molecule has 0 aliphatic carbocycles. The van der Waals surface area contributed by atoms with Crippen LogP contribution in [0.3, 0.4) is 0 Å². The lowest BCUT2D eigenvalue weighted by atomic mass is 10.0. The van der Waals surface area contributed by atoms with Crippen LogP contribution in [0.2, 0.25) is 0 Å². The smallest absolute Gasteiger partial charge is 0.129 e. The van der Waals surface area contributed by atoms with Crippen molar-refractivity contribution in [1.82, 2.24) is 5.32 Å². The van der Waals surface area contributed by atoms with Crippen molar-refractivity contribution in [2.24, 2.45) is 0 Å². The predicted octanol–water partition coefficient (Wildman–Crippen LogP) is 2.02. The highest BCUT2D eigenvalue weighted by Crippen LogP contribution is 2.24. The van der Waals surface area contributed by atoms with Crippen molar-refractivity contribution >= 4 is 0 Å². The van der Waals surface area contributed by atoms with Gasteiger partial charge in [0.15, 0.2) is 0 Å². The first-order valence-electron chi connectivity index (χ1n) is 6.38. The molecule has 0 saturated carbocycles. The second kappa shape index (κ2) is 5.78. The summed E-state index contributed by atoms with van der Waals surface area (Å²) in [5.74, 6) is -0.366. The molecule has 0 amide bonds. The van der Waals surface area contributed by atoms with Crippen LogP contribution in [-0.2, 0) is 4.74 Å². The van der Waals surface area contributed by atoms with Crippen molar-refractivity contribution in [1.29, 1.82) is 0 Å². The molecule has 1 aromatic rings. The molecule has 1 aromatic carbocycles. The van der Waals surface area contributed by atoms with Gasteiger partial charge in [-0.15, -0.1) is 0 Å². The summed E-state index contributed by atoms with van der Waals surface area (Å²) in [5.41, 5.74) is 0.192. The molecule has 3 nitrogen and oxygen atoms in total. The first kappa shape index (κ1) is 13.5. The van der Waals surface area contributed by atoms with Crippen LogP contribution >= 0.6 is 0 Å². The van der Waals surface area contributed by atoms with Gasteiger partial charge in [-0.25, -0.2) is 4.39 Å². The van der Waals surface area contributed by atoms with Crippen LogP contribution in [0.1, 0.15) is 31.4 Å². The van der Waals surface area contributed by atoms with Gasteiger partial charge < -0.3 is 15.2 Å². The molecule has 1 aliphatic heterocycles. The van der Waals surface area contributed by atoms with Gasteiger partial charge >= 0.3 is 0 Å². The first-order valence-corrected chi connectivity index (χ1v) is 6.38. The van der Waals surface area contributed by atoms with E-state index < -0.39 is 6.10 Å². The quantitative estimate of drug-likeness (QED) is 0.843. The molecule has 1 heterocycles. The maximum atomic E-state index is 13.4. The van der Waals surface area contributed by atoms with Crippen molar-refractivity contribution in [3.63, 3.8) is 0 Å². The van der Waals surface area contributed by atoms with Gasteiger partial charge in [-0.1, -0.05) is 18.2 Å². The molecule has 0 spiro atoms. The van der Waals surface area contributed by atoms with Crippen molar-refractivity contribution in [2.45, 2.75) is 31.5 Å². The third kappa shape index (κ3) is 3.28. The number of benzene rings is 1. The van der Waals surface area contributed by atoms with Crippen molar-refractivity contribution in [3.8, 4) is 0 Å². The van der Waals surface area contributed by atoms with Crippen LogP contribution < -0.4 is 5.32 Å². The molecule has 4 heteroatoms. The number of aliphatic hydroxyl groups excluding tert-OH is 1. The van der Waals surface area contributed by atoms with Crippen LogP contribution in [0.25, 0.3) is 0 Å². The molecule has 2 unspecified atom stereocenters. The zero-order chi connectivity index (χ0) is 13.0. The maximum Gasteiger partial charge on any atom is 0.129 e. The van der Waals surface area contributed by atoms with Gasteiger partial charge in [-0.3, -0.25) is 0 Å². The Morgan fingerprint density at radius 1 is 1.50 bits per heavy atom. The molecule has 2 atom stereocenters. The number of rotatable bonds is 5. The summed E-state index contributed by atoms with van der Waals surface area (Å²) in [6.07, 6.45) is 1.28. The third-order valence-corrected chi connectivity index (χ3v) is 3.40. The van der Waals surface area contributed by atoms with Gasteiger partial charge in [0, 0.05) is 25.3 Å². The molecule has 2 rings (SSSR count). The normalized spacial score (nSPS) is 25.3. The van der Waals surface area contributed by atoms with E-state index in [1.165, 1.54) is 6.07 Å². The summed E-state index contributed by atoms with van der Waals surface area (Å²) in [6, 6.07) is 6.31. The summed E-state index contributed by atoms with van der Waals surface area (Å²) < 4.78 is 19.1. The fourth-order valence-corrected chi connectivity index (χ4v) is 2.30. The Kier molecular flexibility index (Phi) is 4.32. The average Bonchev–Trinajstić information content (AvgIpc) is 2.77. The predicted molar refractivity (Wildman–Crippen MR) is 67.8 cm³/mol. The molecule has 0 aromatic heterocycles. The van der Waals surface area contributed by atoms with E-state index in [2.05, 4.69) is 12.2 Å². The van der Waals surface area contributed by atoms with Crippen molar-refractivity contribution in [3.05, 3.63) is 35.6 Å². The highest BCUT2D eigenvalue weighted by molar-refractivity contribution is 5.19. The second-order valence-electron chi connectivity index (χ2n) is 5.07. The summed E-state index contributed by atoms with van der Waals surface area (Å²) in [5, 5.41) is 13.1. The van der Waals surface area contributed by atoms with Gasteiger partial charge in [0.1, 0.15) is 5.82 Å². The fraction of sp³-hybridized carbons (Fsp3) is 0.571. The molecule has 1 fully saturated rings. The monoisotopic (exact) mass is 253 g/mol. The topological polar surface area (TPSA) is 41.5 Å². The van der Waals surface area contributed by atoms with Gasteiger partial charge in [-0.05, 0) is 25.8 Å². The van der Waals surface area contributed by atoms with E-state index in [1.54, 1.807) is 18.2 Å². The zero-order valence-electron chi connectivity index (χ0n) is 10.7. The van der Waals surface area contributed by atoms with E-state index in [1.807, 2.05) is 0 Å². The lowest BCUT2D eigenvalue weighted by Gasteiger charge is -2.24. The van der Waals surface area contributed by atoms with Gasteiger partial charge in [0.05, 0.1) is 11.7 Å². The Labute approximate surface area is 107 Å². The summed E-state index contributed by atoms with van der Waals surface area (Å²) in [7, 11) is 0. The lowest BCUT2D eigenvalue weighted by molar-refractivity contribution is 0.0184. The van der Waals surface area contributed by atoms with Crippen LogP contribution in [0, 0.1) is 5.82 Å². The van der Waals surface area contributed by atoms with E-state index >= 15 is 0 Å². The molecular weight excluding hydrogens is 233 g/mol. The minimum Gasteiger partial charge on any atom is -0.387 e. The Morgan fingerprint density at radius 3 is 2.94 bits per heavy atom. The largest absolute Gasteiger partial charge is 0.387 e. The molecule has 100 valence electrons. The van der Waals surface area contributed by atoms with Gasteiger partial charge in [0.25, 0.3) is 0 Å². The van der Waals surface area contributed by atoms with Crippen LogP contribution in [0.15, 0.2) is 24.3 Å². The van der Waals surface area contributed by atoms with Crippen LogP contribution in [0.5, 0.6) is 0 Å². The molecule has 18 heavy (non-hydrogen) atoms.